The van der Waals surface area contributed by atoms with Crippen LogP contribution >= 0.6 is 0 Å². The summed E-state index contributed by atoms with van der Waals surface area (Å²) in [6.07, 6.45) is 1.47. The van der Waals surface area contributed by atoms with Crippen LogP contribution in [-0.2, 0) is 0 Å². The zero-order chi connectivity index (χ0) is 9.80. The molecule has 0 unspecified atom stereocenters. The summed E-state index contributed by atoms with van der Waals surface area (Å²) in [7, 11) is 0. The molecule has 0 aliphatic heterocycles. The molecule has 70 valence electrons. The zero-order valence-corrected chi connectivity index (χ0v) is 7.12. The smallest absolute Gasteiger partial charge is 0.288 e. The van der Waals surface area contributed by atoms with E-state index < -0.39 is 0 Å². The van der Waals surface area contributed by atoms with Gasteiger partial charge in [-0.25, -0.2) is 4.99 Å². The van der Waals surface area contributed by atoms with Gasteiger partial charge in [0.15, 0.2) is 0 Å². The fourth-order valence-electron chi connectivity index (χ4n) is 0.935. The molecular weight excluding hydrogens is 182 g/mol. The maximum atomic E-state index is 9.38. The number of hydrogen-bond donors (Lipinski definition) is 2. The van der Waals surface area contributed by atoms with Crippen molar-refractivity contribution >= 4 is 12.2 Å². The number of nitrogens with one attached hydrogen (secondary N) is 1. The number of phenols is 1. The van der Waals surface area contributed by atoms with Gasteiger partial charge in [0.2, 0.25) is 0 Å². The summed E-state index contributed by atoms with van der Waals surface area (Å²) in [5.41, 5.74) is 0.609. The molecule has 6 nitrogen and oxygen atoms in total. The molecule has 2 N–H and O–H groups in total. The minimum absolute atomic E-state index is 0.166. The van der Waals surface area contributed by atoms with Crippen LogP contribution in [0.25, 0.3) is 0 Å². The average molecular weight is 189 g/mol. The largest absolute Gasteiger partial charge is 0.507 e. The average Bonchev–Trinajstić information content (AvgIpc) is 2.69. The maximum Gasteiger partial charge on any atom is 0.288 e. The minimum Gasteiger partial charge on any atom is -0.507 e. The highest BCUT2D eigenvalue weighted by atomic mass is 16.3. The van der Waals surface area contributed by atoms with E-state index in [1.807, 2.05) is 0 Å². The Bertz CT molecular complexity index is 437. The van der Waals surface area contributed by atoms with E-state index in [-0.39, 0.29) is 11.7 Å². The number of hydrogen-bond acceptors (Lipinski definition) is 5. The number of aromatic hydroxyl groups is 1. The number of rotatable bonds is 2. The molecule has 0 aliphatic carbocycles. The van der Waals surface area contributed by atoms with E-state index in [0.717, 1.165) is 0 Å². The van der Waals surface area contributed by atoms with Crippen LogP contribution in [0.15, 0.2) is 29.3 Å². The number of benzene rings is 1. The van der Waals surface area contributed by atoms with Crippen LogP contribution in [0, 0.1) is 0 Å². The fraction of sp³-hybridized carbons (Fsp3) is 0. The van der Waals surface area contributed by atoms with Crippen molar-refractivity contribution in [2.24, 2.45) is 4.99 Å². The molecule has 0 spiro atoms. The highest BCUT2D eigenvalue weighted by molar-refractivity contribution is 5.84. The van der Waals surface area contributed by atoms with Gasteiger partial charge in [-0.05, 0) is 17.3 Å². The molecular formula is C8H7N5O. The summed E-state index contributed by atoms with van der Waals surface area (Å²) >= 11 is 0. The Hall–Kier alpha value is -2.24. The van der Waals surface area contributed by atoms with Crippen molar-refractivity contribution in [2.75, 3.05) is 0 Å². The molecule has 2 rings (SSSR count). The standard InChI is InChI=1S/C8H7N5O/c14-7-4-2-1-3-6(7)5-9-8-10-12-13-11-8/h1-5,14H,(H,10,11,12,13)/b9-5+. The Labute approximate surface area is 79.3 Å². The Morgan fingerprint density at radius 3 is 2.93 bits per heavy atom. The molecule has 14 heavy (non-hydrogen) atoms. The second-order valence-corrected chi connectivity index (χ2v) is 2.53. The number of tetrazole rings is 1. The molecule has 2 aromatic rings. The lowest BCUT2D eigenvalue weighted by atomic mass is 10.2. The molecule has 6 heteroatoms. The third kappa shape index (κ3) is 1.74. The molecule has 1 heterocycles. The number of nitrogens with zero attached hydrogens (tertiary/aromatic N) is 4. The normalized spacial score (nSPS) is 10.9. The third-order valence-corrected chi connectivity index (χ3v) is 1.59. The van der Waals surface area contributed by atoms with Crippen molar-refractivity contribution in [1.29, 1.82) is 0 Å². The number of aromatic nitrogens is 4. The van der Waals surface area contributed by atoms with Crippen molar-refractivity contribution in [3.05, 3.63) is 29.8 Å². The molecule has 1 aromatic carbocycles. The van der Waals surface area contributed by atoms with Crippen LogP contribution in [-0.4, -0.2) is 31.9 Å². The molecule has 0 aliphatic rings. The summed E-state index contributed by atoms with van der Waals surface area (Å²) < 4.78 is 0. The highest BCUT2D eigenvalue weighted by Gasteiger charge is 1.96. The van der Waals surface area contributed by atoms with Gasteiger partial charge in [-0.2, -0.15) is 5.21 Å². The second kappa shape index (κ2) is 3.65. The quantitative estimate of drug-likeness (QED) is 0.679. The lowest BCUT2D eigenvalue weighted by Gasteiger charge is -1.94. The van der Waals surface area contributed by atoms with Gasteiger partial charge in [0.05, 0.1) is 0 Å². The Kier molecular flexibility index (Phi) is 2.18. The van der Waals surface area contributed by atoms with Gasteiger partial charge in [0.1, 0.15) is 5.75 Å². The van der Waals surface area contributed by atoms with Crippen LogP contribution in [0.3, 0.4) is 0 Å². The van der Waals surface area contributed by atoms with Crippen LogP contribution < -0.4 is 0 Å². The predicted octanol–water partition coefficient (Wildman–Crippen LogP) is 0.656. The first kappa shape index (κ1) is 8.36. The van der Waals surface area contributed by atoms with Crippen LogP contribution in [0.2, 0.25) is 0 Å². The van der Waals surface area contributed by atoms with Gasteiger partial charge in [0.25, 0.3) is 5.95 Å². The number of aromatic amines is 1. The van der Waals surface area contributed by atoms with Crippen LogP contribution in [0.5, 0.6) is 5.75 Å². The minimum atomic E-state index is 0.166. The first-order valence-electron chi connectivity index (χ1n) is 3.92. The molecule has 0 bridgehead atoms. The molecule has 0 radical (unpaired) electrons. The van der Waals surface area contributed by atoms with Crippen LogP contribution in [0.1, 0.15) is 5.56 Å². The van der Waals surface area contributed by atoms with Gasteiger partial charge in [0, 0.05) is 11.8 Å². The van der Waals surface area contributed by atoms with E-state index in [1.165, 1.54) is 6.21 Å². The summed E-state index contributed by atoms with van der Waals surface area (Å²) in [5, 5.41) is 22.3. The lowest BCUT2D eigenvalue weighted by molar-refractivity contribution is 0.474. The Balaban J connectivity index is 2.23. The van der Waals surface area contributed by atoms with E-state index in [0.29, 0.717) is 5.56 Å². The van der Waals surface area contributed by atoms with Gasteiger partial charge in [-0.15, -0.1) is 5.10 Å². The van der Waals surface area contributed by atoms with Gasteiger partial charge in [-0.3, -0.25) is 0 Å². The summed E-state index contributed by atoms with van der Waals surface area (Å²) in [6, 6.07) is 6.86. The number of aliphatic imine (C=N–C) groups is 1. The third-order valence-electron chi connectivity index (χ3n) is 1.59. The number of phenolic OH excluding ortho intramolecular Hbond substituents is 1. The van der Waals surface area contributed by atoms with Crippen molar-refractivity contribution in [2.45, 2.75) is 0 Å². The SMILES string of the molecule is Oc1ccccc1/C=N/c1nn[nH]n1. The van der Waals surface area contributed by atoms with E-state index >= 15 is 0 Å². The van der Waals surface area contributed by atoms with Gasteiger partial charge < -0.3 is 5.11 Å². The Morgan fingerprint density at radius 2 is 2.21 bits per heavy atom. The Morgan fingerprint density at radius 1 is 1.36 bits per heavy atom. The van der Waals surface area contributed by atoms with Gasteiger partial charge in [-0.1, -0.05) is 17.2 Å². The first-order chi connectivity index (χ1) is 6.86. The fourth-order valence-corrected chi connectivity index (χ4v) is 0.935. The van der Waals surface area contributed by atoms with Crippen molar-refractivity contribution in [3.63, 3.8) is 0 Å². The summed E-state index contributed by atoms with van der Waals surface area (Å²) in [5.74, 6) is 0.396. The predicted molar refractivity (Wildman–Crippen MR) is 49.5 cm³/mol. The maximum absolute atomic E-state index is 9.38. The van der Waals surface area contributed by atoms with E-state index in [2.05, 4.69) is 25.6 Å². The van der Waals surface area contributed by atoms with Crippen LogP contribution in [0.4, 0.5) is 5.95 Å². The van der Waals surface area contributed by atoms with Crippen molar-refractivity contribution in [1.82, 2.24) is 20.6 Å². The monoisotopic (exact) mass is 189 g/mol. The highest BCUT2D eigenvalue weighted by Crippen LogP contribution is 2.13. The zero-order valence-electron chi connectivity index (χ0n) is 7.12. The molecule has 0 atom stereocenters. The molecule has 0 saturated heterocycles. The van der Waals surface area contributed by atoms with E-state index in [4.69, 9.17) is 0 Å². The molecule has 0 amide bonds. The topological polar surface area (TPSA) is 87.0 Å². The van der Waals surface area contributed by atoms with Gasteiger partial charge >= 0.3 is 0 Å². The number of H-pyrrole nitrogens is 1. The second-order valence-electron chi connectivity index (χ2n) is 2.53. The number of para-hydroxylation sites is 1. The van der Waals surface area contributed by atoms with E-state index in [9.17, 15) is 5.11 Å². The molecule has 0 fully saturated rings. The van der Waals surface area contributed by atoms with Crippen molar-refractivity contribution < 1.29 is 5.11 Å². The first-order valence-corrected chi connectivity index (χ1v) is 3.92. The summed E-state index contributed by atoms with van der Waals surface area (Å²) in [6.45, 7) is 0. The van der Waals surface area contributed by atoms with Crippen molar-refractivity contribution in [3.8, 4) is 5.75 Å². The lowest BCUT2D eigenvalue weighted by Crippen LogP contribution is -1.81. The van der Waals surface area contributed by atoms with E-state index in [1.54, 1.807) is 24.3 Å². The molecule has 0 saturated carbocycles. The summed E-state index contributed by atoms with van der Waals surface area (Å²) in [4.78, 5) is 3.90. The molecule has 1 aromatic heterocycles.